The van der Waals surface area contributed by atoms with Crippen LogP contribution >= 0.6 is 0 Å². The van der Waals surface area contributed by atoms with E-state index in [0.29, 0.717) is 23.4 Å². The molecule has 2 heterocycles. The van der Waals surface area contributed by atoms with Crippen LogP contribution in [0.2, 0.25) is 0 Å². The Kier molecular flexibility index (Phi) is 4.12. The molecule has 1 aromatic rings. The van der Waals surface area contributed by atoms with Crippen LogP contribution in [-0.2, 0) is 16.0 Å². The van der Waals surface area contributed by atoms with Gasteiger partial charge in [-0.05, 0) is 30.2 Å². The molecule has 1 fully saturated rings. The molecule has 2 aliphatic heterocycles. The third-order valence-electron chi connectivity index (χ3n) is 4.15. The lowest BCUT2D eigenvalue weighted by molar-refractivity contribution is -0.210. The summed E-state index contributed by atoms with van der Waals surface area (Å²) in [6.07, 6.45) is -6.03. The second kappa shape index (κ2) is 5.97. The molecule has 130 valence electrons. The highest BCUT2D eigenvalue weighted by atomic mass is 19.4. The zero-order valence-electron chi connectivity index (χ0n) is 12.7. The largest absolute Gasteiger partial charge is 0.497 e. The van der Waals surface area contributed by atoms with Crippen LogP contribution in [0.3, 0.4) is 0 Å². The highest BCUT2D eigenvalue weighted by Crippen LogP contribution is 2.30. The molecule has 0 saturated carbocycles. The Morgan fingerprint density at radius 2 is 2.12 bits per heavy atom. The number of halogens is 3. The van der Waals surface area contributed by atoms with Crippen molar-refractivity contribution >= 4 is 11.9 Å². The molecule has 2 unspecified atom stereocenters. The molecule has 1 amide bonds. The first-order valence-electron chi connectivity index (χ1n) is 7.30. The minimum absolute atomic E-state index is 0.240. The highest BCUT2D eigenvalue weighted by molar-refractivity contribution is 5.97. The van der Waals surface area contributed by atoms with E-state index in [1.54, 1.807) is 18.2 Å². The van der Waals surface area contributed by atoms with Gasteiger partial charge >= 0.3 is 12.1 Å². The summed E-state index contributed by atoms with van der Waals surface area (Å²) in [7, 11) is 1.48. The minimum Gasteiger partial charge on any atom is -0.497 e. The van der Waals surface area contributed by atoms with Crippen molar-refractivity contribution in [1.82, 2.24) is 10.2 Å². The maximum Gasteiger partial charge on any atom is 0.490 e. The van der Waals surface area contributed by atoms with Crippen molar-refractivity contribution < 1.29 is 32.2 Å². The van der Waals surface area contributed by atoms with Gasteiger partial charge in [-0.1, -0.05) is 0 Å². The Morgan fingerprint density at radius 3 is 2.79 bits per heavy atom. The van der Waals surface area contributed by atoms with Gasteiger partial charge in [0.25, 0.3) is 5.91 Å². The number of benzene rings is 1. The summed E-state index contributed by atoms with van der Waals surface area (Å²) in [6.45, 7) is 0.568. The zero-order valence-corrected chi connectivity index (χ0v) is 12.7. The van der Waals surface area contributed by atoms with Gasteiger partial charge in [-0.2, -0.15) is 13.2 Å². The lowest BCUT2D eigenvalue weighted by atomic mass is 9.91. The number of hydrogen-bond acceptors (Lipinski definition) is 5. The summed E-state index contributed by atoms with van der Waals surface area (Å²) in [5, 5.41) is 2.73. The predicted octanol–water partition coefficient (Wildman–Crippen LogP) is 1.10. The number of alkyl halides is 3. The Labute approximate surface area is 135 Å². The van der Waals surface area contributed by atoms with Gasteiger partial charge in [0.05, 0.1) is 13.2 Å². The van der Waals surface area contributed by atoms with Crippen LogP contribution < -0.4 is 10.1 Å². The summed E-state index contributed by atoms with van der Waals surface area (Å²) in [5.41, 5.74) is 1.13. The van der Waals surface area contributed by atoms with Crippen LogP contribution in [0.1, 0.15) is 15.9 Å². The molecule has 1 saturated heterocycles. The number of carbonyl (C=O) groups excluding carboxylic acids is 2. The Hall–Kier alpha value is -2.29. The van der Waals surface area contributed by atoms with Crippen molar-refractivity contribution in [3.8, 4) is 5.75 Å². The maximum atomic E-state index is 12.6. The van der Waals surface area contributed by atoms with Gasteiger partial charge in [0.1, 0.15) is 5.75 Å². The number of esters is 1. The van der Waals surface area contributed by atoms with E-state index in [-0.39, 0.29) is 18.9 Å². The second-order valence-electron chi connectivity index (χ2n) is 5.57. The monoisotopic (exact) mass is 344 g/mol. The molecule has 9 heteroatoms. The lowest BCUT2D eigenvalue weighted by Crippen LogP contribution is -2.63. The van der Waals surface area contributed by atoms with E-state index in [0.717, 1.165) is 0 Å². The Balaban J connectivity index is 1.87. The average molecular weight is 344 g/mol. The number of nitrogens with one attached hydrogen (secondary N) is 1. The zero-order chi connectivity index (χ0) is 17.5. The molecule has 6 nitrogen and oxygen atoms in total. The molecular weight excluding hydrogens is 329 g/mol. The molecule has 2 aliphatic rings. The molecule has 24 heavy (non-hydrogen) atoms. The molecule has 0 aliphatic carbocycles. The van der Waals surface area contributed by atoms with Crippen molar-refractivity contribution in [2.75, 3.05) is 20.2 Å². The van der Waals surface area contributed by atoms with Gasteiger partial charge in [-0.25, -0.2) is 4.79 Å². The third kappa shape index (κ3) is 2.91. The smallest absolute Gasteiger partial charge is 0.490 e. The van der Waals surface area contributed by atoms with E-state index in [1.807, 2.05) is 0 Å². The summed E-state index contributed by atoms with van der Waals surface area (Å²) in [5.74, 6) is -2.02. The van der Waals surface area contributed by atoms with Crippen molar-refractivity contribution in [2.45, 2.75) is 24.9 Å². The normalized spacial score (nSPS) is 23.3. The fourth-order valence-electron chi connectivity index (χ4n) is 3.02. The van der Waals surface area contributed by atoms with E-state index in [4.69, 9.17) is 4.74 Å². The average Bonchev–Trinajstić information content (AvgIpc) is 2.54. The van der Waals surface area contributed by atoms with Crippen molar-refractivity contribution in [1.29, 1.82) is 0 Å². The molecule has 0 radical (unpaired) electrons. The number of hydrogen-bond donors (Lipinski definition) is 1. The minimum atomic E-state index is -5.08. The van der Waals surface area contributed by atoms with E-state index in [2.05, 4.69) is 10.1 Å². The van der Waals surface area contributed by atoms with Crippen LogP contribution in [0, 0.1) is 0 Å². The van der Waals surface area contributed by atoms with E-state index < -0.39 is 24.4 Å². The predicted molar refractivity (Wildman–Crippen MR) is 75.5 cm³/mol. The van der Waals surface area contributed by atoms with E-state index >= 15 is 0 Å². The summed E-state index contributed by atoms with van der Waals surface area (Å²) in [4.78, 5) is 25.1. The first-order chi connectivity index (χ1) is 11.3. The van der Waals surface area contributed by atoms with Crippen LogP contribution in [-0.4, -0.2) is 55.4 Å². The number of rotatable bonds is 2. The van der Waals surface area contributed by atoms with Gasteiger partial charge in [0.2, 0.25) is 0 Å². The number of carbonyl (C=O) groups is 2. The van der Waals surface area contributed by atoms with Crippen molar-refractivity contribution in [2.24, 2.45) is 0 Å². The SMILES string of the molecule is COc1ccc2c(c1)CC1C(OC(=O)C(F)(F)F)NCCN1C2=O. The molecule has 1 N–H and O–H groups in total. The van der Waals surface area contributed by atoms with Crippen molar-refractivity contribution in [3.05, 3.63) is 29.3 Å². The van der Waals surface area contributed by atoms with Gasteiger partial charge < -0.3 is 14.4 Å². The van der Waals surface area contributed by atoms with Crippen LogP contribution in [0.25, 0.3) is 0 Å². The topological polar surface area (TPSA) is 67.9 Å². The molecule has 1 aromatic carbocycles. The summed E-state index contributed by atoms with van der Waals surface area (Å²) < 4.78 is 47.0. The molecule has 0 bridgehead atoms. The van der Waals surface area contributed by atoms with E-state index in [9.17, 15) is 22.8 Å². The number of fused-ring (bicyclic) bond motifs is 2. The number of ether oxygens (including phenoxy) is 2. The standard InChI is InChI=1S/C15H15F3N2O4/c1-23-9-2-3-10-8(6-9)7-11-12(24-14(22)15(16,17)18)19-4-5-20(11)13(10)21/h2-3,6,11-12,19H,4-5,7H2,1H3. The van der Waals surface area contributed by atoms with Crippen LogP contribution in [0.15, 0.2) is 18.2 Å². The van der Waals surface area contributed by atoms with Gasteiger partial charge in [-0.15, -0.1) is 0 Å². The van der Waals surface area contributed by atoms with Gasteiger partial charge in [-0.3, -0.25) is 10.1 Å². The number of methoxy groups -OCH3 is 1. The van der Waals surface area contributed by atoms with Crippen molar-refractivity contribution in [3.63, 3.8) is 0 Å². The number of amides is 1. The first-order valence-corrected chi connectivity index (χ1v) is 7.30. The lowest BCUT2D eigenvalue weighted by Gasteiger charge is -2.44. The highest BCUT2D eigenvalue weighted by Gasteiger charge is 2.46. The fourth-order valence-corrected chi connectivity index (χ4v) is 3.02. The van der Waals surface area contributed by atoms with E-state index in [1.165, 1.54) is 12.0 Å². The second-order valence-corrected chi connectivity index (χ2v) is 5.57. The Morgan fingerprint density at radius 1 is 1.38 bits per heavy atom. The molecule has 2 atom stereocenters. The number of piperazine rings is 1. The maximum absolute atomic E-state index is 12.6. The van der Waals surface area contributed by atoms with Gasteiger partial charge in [0, 0.05) is 18.7 Å². The number of nitrogens with zero attached hydrogens (tertiary/aromatic N) is 1. The molecular formula is C15H15F3N2O4. The van der Waals surface area contributed by atoms with Crippen LogP contribution in [0.4, 0.5) is 13.2 Å². The molecule has 3 rings (SSSR count). The van der Waals surface area contributed by atoms with Crippen LogP contribution in [0.5, 0.6) is 5.75 Å². The quantitative estimate of drug-likeness (QED) is 0.814. The Bertz CT molecular complexity index is 677. The first kappa shape index (κ1) is 16.6. The fraction of sp³-hybridized carbons (Fsp3) is 0.467. The van der Waals surface area contributed by atoms with Gasteiger partial charge in [0.15, 0.2) is 6.23 Å². The third-order valence-corrected chi connectivity index (χ3v) is 4.15. The summed E-state index contributed by atoms with van der Waals surface area (Å²) in [6, 6.07) is 4.26. The molecule has 0 spiro atoms. The molecule has 0 aromatic heterocycles. The summed E-state index contributed by atoms with van der Waals surface area (Å²) >= 11 is 0.